The summed E-state index contributed by atoms with van der Waals surface area (Å²) in [7, 11) is -4.03. The zero-order valence-electron chi connectivity index (χ0n) is 11.6. The van der Waals surface area contributed by atoms with Crippen molar-refractivity contribution in [1.82, 2.24) is 4.89 Å². The van der Waals surface area contributed by atoms with Crippen molar-refractivity contribution in [2.45, 2.75) is 4.90 Å². The number of nitrogens with one attached hydrogen (secondary N) is 2. The first-order valence-corrected chi connectivity index (χ1v) is 7.80. The molecular weight excluding hydrogens is 330 g/mol. The number of halogens is 2. The molecule has 2 N–H and O–H groups in total. The van der Waals surface area contributed by atoms with Crippen LogP contribution in [0.3, 0.4) is 0 Å². The van der Waals surface area contributed by atoms with Crippen molar-refractivity contribution < 1.29 is 26.8 Å². The third-order valence-corrected chi connectivity index (χ3v) is 3.83. The molecule has 0 unspecified atom stereocenters. The Bertz CT molecular complexity index is 795. The van der Waals surface area contributed by atoms with E-state index in [1.165, 1.54) is 18.2 Å². The van der Waals surface area contributed by atoms with Crippen LogP contribution >= 0.6 is 0 Å². The summed E-state index contributed by atoms with van der Waals surface area (Å²) < 4.78 is 49.3. The van der Waals surface area contributed by atoms with Crippen molar-refractivity contribution >= 4 is 21.6 Å². The summed E-state index contributed by atoms with van der Waals surface area (Å²) in [5.74, 6) is -1.79. The maximum atomic E-state index is 12.9. The van der Waals surface area contributed by atoms with E-state index >= 15 is 0 Å². The molecule has 0 aromatic heterocycles. The average molecular weight is 342 g/mol. The summed E-state index contributed by atoms with van der Waals surface area (Å²) in [5.41, 5.74) is 0.208. The second-order valence-corrected chi connectivity index (χ2v) is 6.03. The summed E-state index contributed by atoms with van der Waals surface area (Å²) in [6.07, 6.45) is 0. The summed E-state index contributed by atoms with van der Waals surface area (Å²) >= 11 is 0. The van der Waals surface area contributed by atoms with E-state index in [1.807, 2.05) is 0 Å². The molecule has 122 valence electrons. The first-order chi connectivity index (χ1) is 10.9. The molecule has 0 atom stereocenters. The van der Waals surface area contributed by atoms with E-state index < -0.39 is 34.2 Å². The Hall–Kier alpha value is -2.36. The van der Waals surface area contributed by atoms with Gasteiger partial charge in [-0.15, -0.1) is 0 Å². The van der Waals surface area contributed by atoms with Gasteiger partial charge in [-0.1, -0.05) is 11.0 Å². The van der Waals surface area contributed by atoms with Gasteiger partial charge in [0.25, 0.3) is 15.9 Å². The third-order valence-electron chi connectivity index (χ3n) is 2.60. The summed E-state index contributed by atoms with van der Waals surface area (Å²) in [6.45, 7) is -0.628. The number of hydrogen-bond acceptors (Lipinski definition) is 4. The van der Waals surface area contributed by atoms with Crippen LogP contribution < -0.4 is 10.2 Å². The minimum Gasteiger partial charge on any atom is -0.324 e. The molecule has 2 rings (SSSR count). The van der Waals surface area contributed by atoms with Crippen molar-refractivity contribution in [3.8, 4) is 0 Å². The van der Waals surface area contributed by atoms with E-state index in [-0.39, 0.29) is 10.6 Å². The van der Waals surface area contributed by atoms with Gasteiger partial charge in [-0.3, -0.25) is 9.63 Å². The molecule has 2 aromatic carbocycles. The Morgan fingerprint density at radius 3 is 2.39 bits per heavy atom. The molecule has 0 fully saturated rings. The number of carbonyl (C=O) groups excluding carboxylic acids is 1. The molecule has 0 aliphatic heterocycles. The number of rotatable bonds is 6. The van der Waals surface area contributed by atoms with Crippen LogP contribution in [0, 0.1) is 11.6 Å². The lowest BCUT2D eigenvalue weighted by atomic mass is 10.3. The largest absolute Gasteiger partial charge is 0.324 e. The highest BCUT2D eigenvalue weighted by Gasteiger charge is 2.15. The molecule has 23 heavy (non-hydrogen) atoms. The number of anilines is 1. The number of carbonyl (C=O) groups is 1. The van der Waals surface area contributed by atoms with Gasteiger partial charge in [-0.2, -0.15) is 0 Å². The van der Waals surface area contributed by atoms with Gasteiger partial charge >= 0.3 is 0 Å². The Kier molecular flexibility index (Phi) is 5.37. The molecule has 9 heteroatoms. The Morgan fingerprint density at radius 1 is 1.04 bits per heavy atom. The molecule has 2 aromatic rings. The van der Waals surface area contributed by atoms with Gasteiger partial charge < -0.3 is 5.32 Å². The quantitative estimate of drug-likeness (QED) is 0.784. The zero-order valence-corrected chi connectivity index (χ0v) is 12.4. The molecule has 6 nitrogen and oxygen atoms in total. The lowest BCUT2D eigenvalue weighted by Crippen LogP contribution is -2.29. The van der Waals surface area contributed by atoms with Crippen LogP contribution in [0.5, 0.6) is 0 Å². The van der Waals surface area contributed by atoms with Gasteiger partial charge in [0.2, 0.25) is 0 Å². The minimum atomic E-state index is -4.03. The van der Waals surface area contributed by atoms with Gasteiger partial charge in [0.1, 0.15) is 18.2 Å². The van der Waals surface area contributed by atoms with Crippen LogP contribution in [0.15, 0.2) is 53.4 Å². The number of hydrogen-bond donors (Lipinski definition) is 2. The number of amides is 1. The van der Waals surface area contributed by atoms with Gasteiger partial charge in [-0.05, 0) is 42.5 Å². The normalized spacial score (nSPS) is 11.2. The van der Waals surface area contributed by atoms with Gasteiger partial charge in [0.05, 0.1) is 4.90 Å². The second-order valence-electron chi connectivity index (χ2n) is 4.39. The lowest BCUT2D eigenvalue weighted by Gasteiger charge is -2.08. The zero-order chi connectivity index (χ0) is 16.9. The SMILES string of the molecule is O=C(CONS(=O)(=O)c1ccc(F)cc1)Nc1cccc(F)c1. The highest BCUT2D eigenvalue weighted by molar-refractivity contribution is 7.89. The number of sulfonamides is 1. The molecule has 1 amide bonds. The molecule has 0 spiro atoms. The Labute approximate surface area is 131 Å². The predicted octanol–water partition coefficient (Wildman–Crippen LogP) is 1.81. The fourth-order valence-corrected chi connectivity index (χ4v) is 2.40. The second kappa shape index (κ2) is 7.27. The van der Waals surface area contributed by atoms with Crippen LogP contribution in [0.25, 0.3) is 0 Å². The van der Waals surface area contributed by atoms with E-state index in [9.17, 15) is 22.0 Å². The van der Waals surface area contributed by atoms with Crippen LogP contribution in [-0.4, -0.2) is 20.9 Å². The van der Waals surface area contributed by atoms with Crippen molar-refractivity contribution in [3.05, 3.63) is 60.2 Å². The van der Waals surface area contributed by atoms with E-state index in [4.69, 9.17) is 0 Å². The highest BCUT2D eigenvalue weighted by atomic mass is 32.2. The van der Waals surface area contributed by atoms with Gasteiger partial charge in [0, 0.05) is 5.69 Å². The summed E-state index contributed by atoms with van der Waals surface area (Å²) in [6, 6.07) is 9.23. The van der Waals surface area contributed by atoms with E-state index in [2.05, 4.69) is 10.2 Å². The van der Waals surface area contributed by atoms with Gasteiger partial charge in [-0.25, -0.2) is 17.2 Å². The van der Waals surface area contributed by atoms with Crippen molar-refractivity contribution in [2.24, 2.45) is 0 Å². The van der Waals surface area contributed by atoms with Crippen molar-refractivity contribution in [2.75, 3.05) is 11.9 Å². The lowest BCUT2D eigenvalue weighted by molar-refractivity contribution is -0.121. The van der Waals surface area contributed by atoms with Crippen LogP contribution in [0.4, 0.5) is 14.5 Å². The highest BCUT2D eigenvalue weighted by Crippen LogP contribution is 2.10. The first-order valence-electron chi connectivity index (χ1n) is 6.31. The van der Waals surface area contributed by atoms with E-state index in [0.29, 0.717) is 0 Å². The minimum absolute atomic E-state index is 0.208. The van der Waals surface area contributed by atoms with E-state index in [0.717, 1.165) is 30.3 Å². The fraction of sp³-hybridized carbons (Fsp3) is 0.0714. The predicted molar refractivity (Wildman–Crippen MR) is 77.7 cm³/mol. The molecule has 0 radical (unpaired) electrons. The van der Waals surface area contributed by atoms with Crippen LogP contribution in [-0.2, 0) is 19.7 Å². The van der Waals surface area contributed by atoms with Crippen LogP contribution in [0.2, 0.25) is 0 Å². The molecule has 0 aliphatic carbocycles. The number of benzene rings is 2. The Morgan fingerprint density at radius 2 is 1.74 bits per heavy atom. The van der Waals surface area contributed by atoms with Crippen molar-refractivity contribution in [1.29, 1.82) is 0 Å². The first kappa shape index (κ1) is 17.0. The molecule has 0 aliphatic rings. The van der Waals surface area contributed by atoms with Crippen LogP contribution in [0.1, 0.15) is 0 Å². The standard InChI is InChI=1S/C14H12F2N2O4S/c15-10-4-6-13(7-5-10)23(20,21)18-22-9-14(19)17-12-3-1-2-11(16)8-12/h1-8,18H,9H2,(H,17,19). The maximum absolute atomic E-state index is 12.9. The fourth-order valence-electron chi connectivity index (χ4n) is 1.60. The summed E-state index contributed by atoms with van der Waals surface area (Å²) in [4.78, 5) is 17.7. The average Bonchev–Trinajstić information content (AvgIpc) is 2.47. The topological polar surface area (TPSA) is 84.5 Å². The monoisotopic (exact) mass is 342 g/mol. The molecule has 0 saturated heterocycles. The molecule has 0 heterocycles. The van der Waals surface area contributed by atoms with Crippen molar-refractivity contribution in [3.63, 3.8) is 0 Å². The Balaban J connectivity index is 1.86. The smallest absolute Gasteiger partial charge is 0.262 e. The van der Waals surface area contributed by atoms with E-state index in [1.54, 1.807) is 4.89 Å². The molecular formula is C14H12F2N2O4S. The summed E-state index contributed by atoms with van der Waals surface area (Å²) in [5, 5.41) is 2.33. The molecule has 0 bridgehead atoms. The van der Waals surface area contributed by atoms with Gasteiger partial charge in [0.15, 0.2) is 0 Å². The molecule has 0 saturated carbocycles. The maximum Gasteiger partial charge on any atom is 0.262 e. The third kappa shape index (κ3) is 5.09.